The SMILES string of the molecule is Cc1c(OCC2CNC(=O)O2)nn(-c2ccccc2)c1N. The first-order chi connectivity index (χ1) is 10.1. The highest BCUT2D eigenvalue weighted by Gasteiger charge is 2.24. The molecule has 1 unspecified atom stereocenters. The van der Waals surface area contributed by atoms with Gasteiger partial charge < -0.3 is 20.5 Å². The van der Waals surface area contributed by atoms with Crippen LogP contribution in [0.15, 0.2) is 30.3 Å². The summed E-state index contributed by atoms with van der Waals surface area (Å²) in [4.78, 5) is 10.9. The fourth-order valence-electron chi connectivity index (χ4n) is 2.09. The Bertz CT molecular complexity index is 654. The van der Waals surface area contributed by atoms with E-state index in [4.69, 9.17) is 15.2 Å². The van der Waals surface area contributed by atoms with Gasteiger partial charge in [-0.25, -0.2) is 9.48 Å². The molecule has 1 aliphatic heterocycles. The van der Waals surface area contributed by atoms with E-state index in [2.05, 4.69) is 10.4 Å². The van der Waals surface area contributed by atoms with Gasteiger partial charge in [-0.3, -0.25) is 0 Å². The standard InChI is InChI=1S/C14H16N4O3/c1-9-12(15)18(10-5-3-2-4-6-10)17-13(9)20-8-11-7-16-14(19)21-11/h2-6,11H,7-8,15H2,1H3,(H,16,19). The van der Waals surface area contributed by atoms with Crippen molar-refractivity contribution in [2.24, 2.45) is 0 Å². The van der Waals surface area contributed by atoms with Crippen molar-refractivity contribution >= 4 is 11.9 Å². The van der Waals surface area contributed by atoms with E-state index in [1.54, 1.807) is 4.68 Å². The second-order valence-corrected chi connectivity index (χ2v) is 4.78. The zero-order valence-electron chi connectivity index (χ0n) is 11.6. The Labute approximate surface area is 121 Å². The fourth-order valence-corrected chi connectivity index (χ4v) is 2.09. The minimum absolute atomic E-state index is 0.241. The highest BCUT2D eigenvalue weighted by molar-refractivity contribution is 5.69. The maximum absolute atomic E-state index is 10.9. The van der Waals surface area contributed by atoms with Gasteiger partial charge in [0.15, 0.2) is 6.10 Å². The molecule has 110 valence electrons. The van der Waals surface area contributed by atoms with Crippen LogP contribution in [0.1, 0.15) is 5.56 Å². The van der Waals surface area contributed by atoms with Crippen LogP contribution in [0.2, 0.25) is 0 Å². The highest BCUT2D eigenvalue weighted by Crippen LogP contribution is 2.25. The Morgan fingerprint density at radius 1 is 1.48 bits per heavy atom. The number of carbonyl (C=O) groups is 1. The van der Waals surface area contributed by atoms with Gasteiger partial charge in [-0.2, -0.15) is 0 Å². The summed E-state index contributed by atoms with van der Waals surface area (Å²) in [6.45, 7) is 2.52. The summed E-state index contributed by atoms with van der Waals surface area (Å²) in [5.41, 5.74) is 7.69. The number of nitrogens with one attached hydrogen (secondary N) is 1. The van der Waals surface area contributed by atoms with Crippen LogP contribution in [-0.2, 0) is 4.74 Å². The molecule has 7 heteroatoms. The van der Waals surface area contributed by atoms with Gasteiger partial charge in [-0.1, -0.05) is 18.2 Å². The number of nitrogen functional groups attached to an aromatic ring is 1. The van der Waals surface area contributed by atoms with Crippen molar-refractivity contribution in [2.45, 2.75) is 13.0 Å². The monoisotopic (exact) mass is 288 g/mol. The number of amides is 1. The number of para-hydroxylation sites is 1. The molecular weight excluding hydrogens is 272 g/mol. The minimum atomic E-state index is -0.422. The molecule has 3 rings (SSSR count). The van der Waals surface area contributed by atoms with Crippen LogP contribution in [0, 0.1) is 6.92 Å². The lowest BCUT2D eigenvalue weighted by Gasteiger charge is -2.08. The number of rotatable bonds is 4. The summed E-state index contributed by atoms with van der Waals surface area (Å²) in [6.07, 6.45) is -0.727. The second kappa shape index (κ2) is 5.35. The number of aromatic nitrogens is 2. The Hall–Kier alpha value is -2.70. The zero-order valence-corrected chi connectivity index (χ0v) is 11.6. The molecule has 1 aromatic carbocycles. The number of nitrogens with two attached hydrogens (primary N) is 1. The first-order valence-electron chi connectivity index (χ1n) is 6.63. The number of alkyl carbamates (subject to hydrolysis) is 1. The largest absolute Gasteiger partial charge is 0.472 e. The van der Waals surface area contributed by atoms with E-state index in [-0.39, 0.29) is 12.7 Å². The van der Waals surface area contributed by atoms with Gasteiger partial charge in [0.05, 0.1) is 17.8 Å². The van der Waals surface area contributed by atoms with E-state index in [0.29, 0.717) is 18.2 Å². The van der Waals surface area contributed by atoms with Crippen LogP contribution in [0.25, 0.3) is 5.69 Å². The van der Waals surface area contributed by atoms with E-state index in [0.717, 1.165) is 11.3 Å². The van der Waals surface area contributed by atoms with Gasteiger partial charge in [0.2, 0.25) is 5.88 Å². The van der Waals surface area contributed by atoms with Crippen molar-refractivity contribution < 1.29 is 14.3 Å². The Balaban J connectivity index is 1.76. The van der Waals surface area contributed by atoms with E-state index < -0.39 is 6.09 Å². The zero-order chi connectivity index (χ0) is 14.8. The molecule has 1 fully saturated rings. The van der Waals surface area contributed by atoms with Crippen LogP contribution in [0.3, 0.4) is 0 Å². The molecule has 0 saturated carbocycles. The lowest BCUT2D eigenvalue weighted by atomic mass is 10.3. The Morgan fingerprint density at radius 2 is 2.24 bits per heavy atom. The quantitative estimate of drug-likeness (QED) is 0.883. The molecule has 0 radical (unpaired) electrons. The fraction of sp³-hybridized carbons (Fsp3) is 0.286. The number of ether oxygens (including phenoxy) is 2. The number of anilines is 1. The van der Waals surface area contributed by atoms with Crippen molar-refractivity contribution in [1.29, 1.82) is 0 Å². The molecule has 1 amide bonds. The average molecular weight is 288 g/mol. The lowest BCUT2D eigenvalue weighted by molar-refractivity contribution is 0.102. The first kappa shape index (κ1) is 13.3. The smallest absolute Gasteiger partial charge is 0.407 e. The third-order valence-electron chi connectivity index (χ3n) is 3.28. The Morgan fingerprint density at radius 3 is 2.90 bits per heavy atom. The van der Waals surface area contributed by atoms with Gasteiger partial charge in [0, 0.05) is 0 Å². The molecule has 2 aromatic rings. The van der Waals surface area contributed by atoms with E-state index in [1.165, 1.54) is 0 Å². The molecule has 0 aliphatic carbocycles. The molecule has 1 aromatic heterocycles. The van der Waals surface area contributed by atoms with Crippen molar-refractivity contribution in [2.75, 3.05) is 18.9 Å². The maximum atomic E-state index is 10.9. The number of cyclic esters (lactones) is 1. The van der Waals surface area contributed by atoms with Gasteiger partial charge in [-0.05, 0) is 19.1 Å². The molecule has 7 nitrogen and oxygen atoms in total. The number of benzene rings is 1. The van der Waals surface area contributed by atoms with Crippen LogP contribution < -0.4 is 15.8 Å². The molecule has 0 spiro atoms. The number of carbonyl (C=O) groups excluding carboxylic acids is 1. The van der Waals surface area contributed by atoms with Gasteiger partial charge >= 0.3 is 6.09 Å². The Kier molecular flexibility index (Phi) is 3.39. The van der Waals surface area contributed by atoms with Crippen molar-refractivity contribution in [3.05, 3.63) is 35.9 Å². The average Bonchev–Trinajstić information content (AvgIpc) is 3.04. The van der Waals surface area contributed by atoms with Gasteiger partial charge in [-0.15, -0.1) is 5.10 Å². The third kappa shape index (κ3) is 2.62. The number of hydrogen-bond donors (Lipinski definition) is 2. The molecule has 1 aliphatic rings. The van der Waals surface area contributed by atoms with Crippen LogP contribution >= 0.6 is 0 Å². The van der Waals surface area contributed by atoms with Crippen molar-refractivity contribution in [3.8, 4) is 11.6 Å². The van der Waals surface area contributed by atoms with Crippen LogP contribution in [0.4, 0.5) is 10.6 Å². The molecule has 1 saturated heterocycles. The lowest BCUT2D eigenvalue weighted by Crippen LogP contribution is -2.22. The molecule has 3 N–H and O–H groups in total. The molecular formula is C14H16N4O3. The van der Waals surface area contributed by atoms with Crippen LogP contribution in [0.5, 0.6) is 5.88 Å². The maximum Gasteiger partial charge on any atom is 0.407 e. The second-order valence-electron chi connectivity index (χ2n) is 4.78. The summed E-state index contributed by atoms with van der Waals surface area (Å²) in [6, 6.07) is 9.57. The van der Waals surface area contributed by atoms with Gasteiger partial charge in [0.1, 0.15) is 12.4 Å². The summed E-state index contributed by atoms with van der Waals surface area (Å²) in [5, 5.41) is 6.94. The number of hydrogen-bond acceptors (Lipinski definition) is 5. The molecule has 2 heterocycles. The summed E-state index contributed by atoms with van der Waals surface area (Å²) < 4.78 is 12.3. The third-order valence-corrected chi connectivity index (χ3v) is 3.28. The summed E-state index contributed by atoms with van der Waals surface area (Å²) in [5.74, 6) is 0.969. The molecule has 0 bridgehead atoms. The molecule has 21 heavy (non-hydrogen) atoms. The van der Waals surface area contributed by atoms with Crippen molar-refractivity contribution in [1.82, 2.24) is 15.1 Å². The molecule has 1 atom stereocenters. The summed E-state index contributed by atoms with van der Waals surface area (Å²) >= 11 is 0. The predicted molar refractivity (Wildman–Crippen MR) is 76.5 cm³/mol. The topological polar surface area (TPSA) is 91.4 Å². The van der Waals surface area contributed by atoms with E-state index in [1.807, 2.05) is 37.3 Å². The normalized spacial score (nSPS) is 17.4. The predicted octanol–water partition coefficient (Wildman–Crippen LogP) is 1.25. The number of nitrogens with zero attached hydrogens (tertiary/aromatic N) is 2. The highest BCUT2D eigenvalue weighted by atomic mass is 16.6. The van der Waals surface area contributed by atoms with Crippen LogP contribution in [-0.4, -0.2) is 35.1 Å². The summed E-state index contributed by atoms with van der Waals surface area (Å²) in [7, 11) is 0. The van der Waals surface area contributed by atoms with E-state index in [9.17, 15) is 4.79 Å². The van der Waals surface area contributed by atoms with Crippen molar-refractivity contribution in [3.63, 3.8) is 0 Å². The minimum Gasteiger partial charge on any atom is -0.472 e. The van der Waals surface area contributed by atoms with E-state index >= 15 is 0 Å². The van der Waals surface area contributed by atoms with Gasteiger partial charge in [0.25, 0.3) is 0 Å². The first-order valence-corrected chi connectivity index (χ1v) is 6.63.